The molecule has 0 unspecified atom stereocenters. The molecule has 1 aromatic carbocycles. The fraction of sp³-hybridized carbons (Fsp3) is 0.0769. The Kier molecular flexibility index (Phi) is 3.70. The van der Waals surface area contributed by atoms with E-state index in [1.807, 2.05) is 0 Å². The average Bonchev–Trinajstić information content (AvgIpc) is 2.38. The number of benzene rings is 1. The first-order chi connectivity index (χ1) is 9.06. The highest BCUT2D eigenvalue weighted by Crippen LogP contribution is 2.19. The molecule has 0 aliphatic carbocycles. The van der Waals surface area contributed by atoms with Crippen LogP contribution in [0.2, 0.25) is 0 Å². The number of carboxylic acids is 1. The summed E-state index contributed by atoms with van der Waals surface area (Å²) in [6.45, 7) is -0.0364. The monoisotopic (exact) mass is 265 g/mol. The Labute approximate surface area is 107 Å². The second kappa shape index (κ2) is 5.43. The van der Waals surface area contributed by atoms with E-state index in [1.54, 1.807) is 6.07 Å². The number of carboxylic acid groups (broad SMARTS) is 1. The lowest BCUT2D eigenvalue weighted by Gasteiger charge is -2.07. The zero-order valence-corrected chi connectivity index (χ0v) is 9.64. The van der Waals surface area contributed by atoms with Crippen molar-refractivity contribution in [1.82, 2.24) is 4.98 Å². The summed E-state index contributed by atoms with van der Waals surface area (Å²) in [5.74, 6) is -2.76. The van der Waals surface area contributed by atoms with Gasteiger partial charge in [0.05, 0.1) is 0 Å². The molecule has 2 rings (SSSR count). The molecule has 6 heteroatoms. The van der Waals surface area contributed by atoms with Crippen LogP contribution in [0, 0.1) is 11.6 Å². The summed E-state index contributed by atoms with van der Waals surface area (Å²) in [5, 5.41) is 8.76. The van der Waals surface area contributed by atoms with E-state index in [9.17, 15) is 13.6 Å². The number of aromatic nitrogens is 1. The predicted molar refractivity (Wildman–Crippen MR) is 61.9 cm³/mol. The van der Waals surface area contributed by atoms with Gasteiger partial charge in [0.1, 0.15) is 18.1 Å². The lowest BCUT2D eigenvalue weighted by molar-refractivity contribution is 0.0690. The molecule has 98 valence electrons. The highest BCUT2D eigenvalue weighted by molar-refractivity contribution is 5.85. The van der Waals surface area contributed by atoms with Crippen molar-refractivity contribution in [2.75, 3.05) is 0 Å². The molecule has 0 saturated heterocycles. The van der Waals surface area contributed by atoms with Gasteiger partial charge < -0.3 is 9.84 Å². The van der Waals surface area contributed by atoms with Gasteiger partial charge in [-0.2, -0.15) is 0 Å². The van der Waals surface area contributed by atoms with Gasteiger partial charge in [-0.05, 0) is 29.8 Å². The number of hydrogen-bond acceptors (Lipinski definition) is 3. The van der Waals surface area contributed by atoms with Crippen LogP contribution >= 0.6 is 0 Å². The summed E-state index contributed by atoms with van der Waals surface area (Å²) in [5.41, 5.74) is 0.400. The van der Waals surface area contributed by atoms with Gasteiger partial charge in [0.25, 0.3) is 0 Å². The molecule has 0 saturated carbocycles. The summed E-state index contributed by atoms with van der Waals surface area (Å²) < 4.78 is 31.1. The Morgan fingerprint density at radius 3 is 2.74 bits per heavy atom. The Morgan fingerprint density at radius 1 is 1.26 bits per heavy atom. The maximum atomic E-state index is 13.3. The average molecular weight is 265 g/mol. The first-order valence-corrected chi connectivity index (χ1v) is 5.32. The highest BCUT2D eigenvalue weighted by Gasteiger charge is 2.07. The van der Waals surface area contributed by atoms with Gasteiger partial charge in [0, 0.05) is 12.3 Å². The fourth-order valence-corrected chi connectivity index (χ4v) is 1.43. The van der Waals surface area contributed by atoms with E-state index in [2.05, 4.69) is 4.98 Å². The predicted octanol–water partition coefficient (Wildman–Crippen LogP) is 2.64. The number of carbonyl (C=O) groups is 1. The normalized spacial score (nSPS) is 10.2. The minimum atomic E-state index is -1.16. The van der Waals surface area contributed by atoms with Gasteiger partial charge in [0.2, 0.25) is 0 Å². The van der Waals surface area contributed by atoms with Crippen molar-refractivity contribution in [3.8, 4) is 5.75 Å². The zero-order valence-electron chi connectivity index (χ0n) is 9.64. The van der Waals surface area contributed by atoms with Crippen LogP contribution in [-0.4, -0.2) is 16.1 Å². The smallest absolute Gasteiger partial charge is 0.354 e. The third kappa shape index (κ3) is 3.25. The van der Waals surface area contributed by atoms with E-state index < -0.39 is 17.6 Å². The van der Waals surface area contributed by atoms with Gasteiger partial charge in [-0.25, -0.2) is 18.6 Å². The number of halogens is 2. The van der Waals surface area contributed by atoms with Crippen molar-refractivity contribution in [2.45, 2.75) is 6.61 Å². The molecule has 0 spiro atoms. The van der Waals surface area contributed by atoms with Crippen LogP contribution in [0.15, 0.2) is 36.5 Å². The number of pyridine rings is 1. The van der Waals surface area contributed by atoms with Crippen molar-refractivity contribution < 1.29 is 23.4 Å². The van der Waals surface area contributed by atoms with E-state index in [1.165, 1.54) is 18.3 Å². The minimum absolute atomic E-state index is 0.0364. The first-order valence-electron chi connectivity index (χ1n) is 5.32. The van der Waals surface area contributed by atoms with Gasteiger partial charge in [0.15, 0.2) is 11.6 Å². The molecule has 0 amide bonds. The van der Waals surface area contributed by atoms with Gasteiger partial charge in [-0.3, -0.25) is 0 Å². The number of nitrogens with zero attached hydrogens (tertiary/aromatic N) is 1. The van der Waals surface area contributed by atoms with Gasteiger partial charge in [-0.15, -0.1) is 0 Å². The van der Waals surface area contributed by atoms with Crippen molar-refractivity contribution in [3.63, 3.8) is 0 Å². The Hall–Kier alpha value is -2.50. The molecule has 0 aliphatic heterocycles. The highest BCUT2D eigenvalue weighted by atomic mass is 19.1. The van der Waals surface area contributed by atoms with Crippen LogP contribution in [0.3, 0.4) is 0 Å². The molecule has 1 aromatic heterocycles. The summed E-state index contributed by atoms with van der Waals surface area (Å²) in [7, 11) is 0. The maximum absolute atomic E-state index is 13.3. The topological polar surface area (TPSA) is 59.4 Å². The van der Waals surface area contributed by atoms with Crippen LogP contribution in [-0.2, 0) is 6.61 Å². The third-order valence-electron chi connectivity index (χ3n) is 2.33. The SMILES string of the molecule is O=C(O)c1cc(COc2ccc(F)cc2F)ccn1. The van der Waals surface area contributed by atoms with Crippen molar-refractivity contribution in [1.29, 1.82) is 0 Å². The lowest BCUT2D eigenvalue weighted by Crippen LogP contribution is -2.03. The van der Waals surface area contributed by atoms with E-state index in [-0.39, 0.29) is 18.1 Å². The molecule has 0 bridgehead atoms. The first kappa shape index (κ1) is 12.9. The molecule has 0 radical (unpaired) electrons. The minimum Gasteiger partial charge on any atom is -0.486 e. The summed E-state index contributed by atoms with van der Waals surface area (Å²) in [6.07, 6.45) is 1.32. The summed E-state index contributed by atoms with van der Waals surface area (Å²) >= 11 is 0. The molecule has 19 heavy (non-hydrogen) atoms. The van der Waals surface area contributed by atoms with E-state index >= 15 is 0 Å². The molecule has 0 fully saturated rings. The van der Waals surface area contributed by atoms with Crippen LogP contribution in [0.1, 0.15) is 16.1 Å². The van der Waals surface area contributed by atoms with Crippen LogP contribution < -0.4 is 4.74 Å². The maximum Gasteiger partial charge on any atom is 0.354 e. The van der Waals surface area contributed by atoms with Crippen LogP contribution in [0.25, 0.3) is 0 Å². The molecule has 0 atom stereocenters. The number of rotatable bonds is 4. The Balaban J connectivity index is 2.10. The zero-order chi connectivity index (χ0) is 13.8. The van der Waals surface area contributed by atoms with Crippen LogP contribution in [0.4, 0.5) is 8.78 Å². The third-order valence-corrected chi connectivity index (χ3v) is 2.33. The van der Waals surface area contributed by atoms with E-state index in [4.69, 9.17) is 9.84 Å². The standard InChI is InChI=1S/C13H9F2NO3/c14-9-1-2-12(10(15)6-9)19-7-8-3-4-16-11(5-8)13(17)18/h1-6H,7H2,(H,17,18). The number of ether oxygens (including phenoxy) is 1. The summed E-state index contributed by atoms with van der Waals surface area (Å²) in [4.78, 5) is 14.4. The Bertz CT molecular complexity index is 617. The second-order valence-corrected chi connectivity index (χ2v) is 3.72. The molecule has 1 N–H and O–H groups in total. The second-order valence-electron chi connectivity index (χ2n) is 3.72. The van der Waals surface area contributed by atoms with Gasteiger partial charge >= 0.3 is 5.97 Å². The van der Waals surface area contributed by atoms with Crippen molar-refractivity contribution in [2.24, 2.45) is 0 Å². The van der Waals surface area contributed by atoms with E-state index in [0.717, 1.165) is 6.07 Å². The summed E-state index contributed by atoms with van der Waals surface area (Å²) in [6, 6.07) is 5.83. The molecule has 2 aromatic rings. The van der Waals surface area contributed by atoms with Gasteiger partial charge in [-0.1, -0.05) is 0 Å². The quantitative estimate of drug-likeness (QED) is 0.923. The molecule has 0 aliphatic rings. The fourth-order valence-electron chi connectivity index (χ4n) is 1.43. The molecule has 4 nitrogen and oxygen atoms in total. The van der Waals surface area contributed by atoms with Crippen LogP contribution in [0.5, 0.6) is 5.75 Å². The molecule has 1 heterocycles. The Morgan fingerprint density at radius 2 is 2.05 bits per heavy atom. The molecular weight excluding hydrogens is 256 g/mol. The number of hydrogen-bond donors (Lipinski definition) is 1. The lowest BCUT2D eigenvalue weighted by atomic mass is 10.2. The van der Waals surface area contributed by atoms with Crippen molar-refractivity contribution >= 4 is 5.97 Å². The number of aromatic carboxylic acids is 1. The molecular formula is C13H9F2NO3. The van der Waals surface area contributed by atoms with Crippen molar-refractivity contribution in [3.05, 3.63) is 59.4 Å². The van der Waals surface area contributed by atoms with E-state index in [0.29, 0.717) is 11.6 Å². The largest absolute Gasteiger partial charge is 0.486 e.